The van der Waals surface area contributed by atoms with Crippen LogP contribution in [0.15, 0.2) is 24.3 Å². The van der Waals surface area contributed by atoms with Crippen molar-refractivity contribution in [1.29, 1.82) is 0 Å². The van der Waals surface area contributed by atoms with Gasteiger partial charge in [0.25, 0.3) is 0 Å². The third kappa shape index (κ3) is 3.15. The molecule has 0 unspecified atom stereocenters. The van der Waals surface area contributed by atoms with Gasteiger partial charge in [0, 0.05) is 6.54 Å². The van der Waals surface area contributed by atoms with E-state index >= 15 is 0 Å². The average Bonchev–Trinajstić information content (AvgIpc) is 2.47. The molecular weight excluding hydrogens is 289 g/mol. The lowest BCUT2D eigenvalue weighted by atomic mass is 10.1. The number of benzene rings is 2. The third-order valence-corrected chi connectivity index (χ3v) is 3.01. The fourth-order valence-corrected chi connectivity index (χ4v) is 1.96. The number of hydrogen-bond donors (Lipinski definition) is 1. The van der Waals surface area contributed by atoms with Crippen molar-refractivity contribution in [3.05, 3.63) is 64.5 Å². The Morgan fingerprint density at radius 3 is 2.00 bits per heavy atom. The average molecular weight is 301 g/mol. The van der Waals surface area contributed by atoms with Crippen molar-refractivity contribution in [1.82, 2.24) is 0 Å². The maximum atomic E-state index is 13.4. The van der Waals surface area contributed by atoms with Crippen LogP contribution >= 0.6 is 0 Å². The minimum Gasteiger partial charge on any atom is -0.380 e. The van der Waals surface area contributed by atoms with Gasteiger partial charge in [-0.3, -0.25) is 0 Å². The molecule has 0 aromatic heterocycles. The number of halogens is 5. The molecule has 0 aliphatic rings. The van der Waals surface area contributed by atoms with Gasteiger partial charge in [-0.15, -0.1) is 0 Å². The van der Waals surface area contributed by atoms with Crippen molar-refractivity contribution in [3.63, 3.8) is 0 Å². The Morgan fingerprint density at radius 2 is 1.43 bits per heavy atom. The first-order valence-corrected chi connectivity index (χ1v) is 6.22. The topological polar surface area (TPSA) is 12.0 Å². The number of aryl methyl sites for hydroxylation is 1. The Hall–Kier alpha value is -2.11. The standard InChI is InChI=1S/C15H12F5N/c1-8-3-2-4-9(7-8)5-6-21-15-13(19)11(17)10(16)12(18)14(15)20/h2-4,7,21H,5-6H2,1H3. The van der Waals surface area contributed by atoms with E-state index in [1.807, 2.05) is 31.2 Å². The van der Waals surface area contributed by atoms with E-state index in [2.05, 4.69) is 5.32 Å². The van der Waals surface area contributed by atoms with Gasteiger partial charge in [-0.2, -0.15) is 0 Å². The number of hydrogen-bond acceptors (Lipinski definition) is 1. The number of nitrogens with one attached hydrogen (secondary N) is 1. The molecule has 1 N–H and O–H groups in total. The van der Waals surface area contributed by atoms with Crippen molar-refractivity contribution in [2.24, 2.45) is 0 Å². The van der Waals surface area contributed by atoms with Gasteiger partial charge in [0.2, 0.25) is 5.82 Å². The Bertz CT molecular complexity index is 640. The van der Waals surface area contributed by atoms with Crippen LogP contribution in [0.2, 0.25) is 0 Å². The van der Waals surface area contributed by atoms with Crippen molar-refractivity contribution in [2.45, 2.75) is 13.3 Å². The molecule has 2 aromatic rings. The highest BCUT2D eigenvalue weighted by atomic mass is 19.2. The van der Waals surface area contributed by atoms with Crippen molar-refractivity contribution in [2.75, 3.05) is 11.9 Å². The predicted molar refractivity (Wildman–Crippen MR) is 69.6 cm³/mol. The molecule has 0 saturated heterocycles. The first kappa shape index (κ1) is 15.3. The maximum Gasteiger partial charge on any atom is 0.200 e. The second kappa shape index (κ2) is 6.11. The lowest BCUT2D eigenvalue weighted by Crippen LogP contribution is -2.12. The fourth-order valence-electron chi connectivity index (χ4n) is 1.96. The maximum absolute atomic E-state index is 13.4. The van der Waals surface area contributed by atoms with Gasteiger partial charge in [-0.1, -0.05) is 29.8 Å². The summed E-state index contributed by atoms with van der Waals surface area (Å²) >= 11 is 0. The summed E-state index contributed by atoms with van der Waals surface area (Å²) < 4.78 is 65.7. The lowest BCUT2D eigenvalue weighted by Gasteiger charge is -2.11. The van der Waals surface area contributed by atoms with Gasteiger partial charge in [-0.25, -0.2) is 22.0 Å². The minimum atomic E-state index is -2.16. The molecule has 0 amide bonds. The van der Waals surface area contributed by atoms with Crippen LogP contribution in [0.3, 0.4) is 0 Å². The molecule has 0 fully saturated rings. The molecule has 2 aromatic carbocycles. The molecule has 6 heteroatoms. The zero-order chi connectivity index (χ0) is 15.6. The Kier molecular flexibility index (Phi) is 4.45. The number of rotatable bonds is 4. The normalized spacial score (nSPS) is 10.8. The van der Waals surface area contributed by atoms with Crippen LogP contribution in [-0.4, -0.2) is 6.54 Å². The summed E-state index contributed by atoms with van der Waals surface area (Å²) in [5.74, 6) is -9.76. The monoisotopic (exact) mass is 301 g/mol. The molecule has 0 radical (unpaired) electrons. The highest BCUT2D eigenvalue weighted by molar-refractivity contribution is 5.47. The largest absolute Gasteiger partial charge is 0.380 e. The third-order valence-electron chi connectivity index (χ3n) is 3.01. The van der Waals surface area contributed by atoms with E-state index < -0.39 is 34.8 Å². The van der Waals surface area contributed by atoms with E-state index in [1.54, 1.807) is 0 Å². The Labute approximate surface area is 118 Å². The second-order valence-electron chi connectivity index (χ2n) is 4.61. The highest BCUT2D eigenvalue weighted by Gasteiger charge is 2.25. The summed E-state index contributed by atoms with van der Waals surface area (Å²) in [7, 11) is 0. The summed E-state index contributed by atoms with van der Waals surface area (Å²) in [5, 5.41) is 2.26. The fraction of sp³-hybridized carbons (Fsp3) is 0.200. The van der Waals surface area contributed by atoms with E-state index in [1.165, 1.54) is 0 Å². The highest BCUT2D eigenvalue weighted by Crippen LogP contribution is 2.27. The van der Waals surface area contributed by atoms with Crippen LogP contribution < -0.4 is 5.32 Å². The van der Waals surface area contributed by atoms with Gasteiger partial charge in [0.05, 0.1) is 0 Å². The minimum absolute atomic E-state index is 0.0435. The molecule has 112 valence electrons. The first-order chi connectivity index (χ1) is 9.91. The molecule has 0 heterocycles. The van der Waals surface area contributed by atoms with Crippen molar-refractivity contribution < 1.29 is 22.0 Å². The van der Waals surface area contributed by atoms with Crippen LogP contribution in [0.1, 0.15) is 11.1 Å². The zero-order valence-corrected chi connectivity index (χ0v) is 11.1. The molecule has 21 heavy (non-hydrogen) atoms. The van der Waals surface area contributed by atoms with Crippen LogP contribution in [-0.2, 0) is 6.42 Å². The van der Waals surface area contributed by atoms with Gasteiger partial charge < -0.3 is 5.32 Å². The summed E-state index contributed by atoms with van der Waals surface area (Å²) in [5.41, 5.74) is 0.911. The van der Waals surface area contributed by atoms with E-state index in [0.717, 1.165) is 11.1 Å². The molecule has 0 aliphatic carbocycles. The van der Waals surface area contributed by atoms with Gasteiger partial charge in [-0.05, 0) is 18.9 Å². The summed E-state index contributed by atoms with van der Waals surface area (Å²) in [6.07, 6.45) is 0.390. The molecule has 0 atom stereocenters. The predicted octanol–water partition coefficient (Wildman–Crippen LogP) is 4.35. The Balaban J connectivity index is 2.14. The van der Waals surface area contributed by atoms with E-state index in [4.69, 9.17) is 0 Å². The van der Waals surface area contributed by atoms with E-state index in [-0.39, 0.29) is 6.54 Å². The Morgan fingerprint density at radius 1 is 0.857 bits per heavy atom. The van der Waals surface area contributed by atoms with Gasteiger partial charge in [0.15, 0.2) is 23.3 Å². The van der Waals surface area contributed by atoms with E-state index in [9.17, 15) is 22.0 Å². The van der Waals surface area contributed by atoms with Crippen molar-refractivity contribution >= 4 is 5.69 Å². The van der Waals surface area contributed by atoms with Crippen LogP contribution in [0.4, 0.5) is 27.6 Å². The molecular formula is C15H12F5N. The van der Waals surface area contributed by atoms with Crippen LogP contribution in [0.5, 0.6) is 0 Å². The lowest BCUT2D eigenvalue weighted by molar-refractivity contribution is 0.381. The quantitative estimate of drug-likeness (QED) is 0.503. The van der Waals surface area contributed by atoms with Gasteiger partial charge in [0.1, 0.15) is 5.69 Å². The molecule has 0 aliphatic heterocycles. The smallest absolute Gasteiger partial charge is 0.200 e. The summed E-state index contributed by atoms with van der Waals surface area (Å²) in [6.45, 7) is 1.93. The summed E-state index contributed by atoms with van der Waals surface area (Å²) in [6, 6.07) is 7.40. The van der Waals surface area contributed by atoms with Crippen LogP contribution in [0.25, 0.3) is 0 Å². The zero-order valence-electron chi connectivity index (χ0n) is 11.1. The number of anilines is 1. The second-order valence-corrected chi connectivity index (χ2v) is 4.61. The van der Waals surface area contributed by atoms with Crippen molar-refractivity contribution in [3.8, 4) is 0 Å². The molecule has 0 spiro atoms. The van der Waals surface area contributed by atoms with Crippen LogP contribution in [0, 0.1) is 36.0 Å². The SMILES string of the molecule is Cc1cccc(CCNc2c(F)c(F)c(F)c(F)c2F)c1. The molecule has 2 rings (SSSR count). The first-order valence-electron chi connectivity index (χ1n) is 6.22. The molecule has 1 nitrogen and oxygen atoms in total. The van der Waals surface area contributed by atoms with E-state index in [0.29, 0.717) is 6.42 Å². The van der Waals surface area contributed by atoms with Gasteiger partial charge >= 0.3 is 0 Å². The summed E-state index contributed by atoms with van der Waals surface area (Å²) in [4.78, 5) is 0. The molecule has 0 bridgehead atoms. The molecule has 0 saturated carbocycles.